The van der Waals surface area contributed by atoms with Crippen molar-refractivity contribution in [3.63, 3.8) is 0 Å². The van der Waals surface area contributed by atoms with E-state index < -0.39 is 6.03 Å². The fraction of sp³-hybridized carbons (Fsp3) is 0.100. The van der Waals surface area contributed by atoms with Crippen LogP contribution in [0.3, 0.4) is 0 Å². The lowest BCUT2D eigenvalue weighted by molar-refractivity contribution is 0.255. The van der Waals surface area contributed by atoms with Gasteiger partial charge in [-0.1, -0.05) is 18.2 Å². The first-order valence-electron chi connectivity index (χ1n) is 4.19. The maximum Gasteiger partial charge on any atom is 0.319 e. The Labute approximate surface area is 85.7 Å². The Balaban J connectivity index is 2.58. The van der Waals surface area contributed by atoms with Gasteiger partial charge in [0, 0.05) is 22.5 Å². The van der Waals surface area contributed by atoms with E-state index in [-0.39, 0.29) is 0 Å². The number of amides is 2. The van der Waals surface area contributed by atoms with Gasteiger partial charge < -0.3 is 5.73 Å². The SMILES string of the molecule is CN(C(N)=O)c1csc2ccccc12. The Morgan fingerprint density at radius 3 is 2.86 bits per heavy atom. The summed E-state index contributed by atoms with van der Waals surface area (Å²) >= 11 is 1.61. The molecule has 2 rings (SSSR count). The molecule has 1 aromatic heterocycles. The molecule has 2 amide bonds. The highest BCUT2D eigenvalue weighted by Crippen LogP contribution is 2.31. The predicted molar refractivity (Wildman–Crippen MR) is 59.8 cm³/mol. The number of benzene rings is 1. The van der Waals surface area contributed by atoms with E-state index in [2.05, 4.69) is 0 Å². The Bertz CT molecular complexity index is 478. The summed E-state index contributed by atoms with van der Waals surface area (Å²) in [5.74, 6) is 0. The zero-order valence-corrected chi connectivity index (χ0v) is 8.54. The van der Waals surface area contributed by atoms with Crippen molar-refractivity contribution in [2.24, 2.45) is 5.73 Å². The molecule has 0 spiro atoms. The summed E-state index contributed by atoms with van der Waals surface area (Å²) in [7, 11) is 1.68. The van der Waals surface area contributed by atoms with Crippen molar-refractivity contribution in [1.82, 2.24) is 0 Å². The number of rotatable bonds is 1. The molecule has 0 radical (unpaired) electrons. The summed E-state index contributed by atoms with van der Waals surface area (Å²) in [4.78, 5) is 12.5. The van der Waals surface area contributed by atoms with Gasteiger partial charge in [0.25, 0.3) is 0 Å². The topological polar surface area (TPSA) is 46.3 Å². The first-order chi connectivity index (χ1) is 6.70. The van der Waals surface area contributed by atoms with E-state index in [4.69, 9.17) is 5.73 Å². The summed E-state index contributed by atoms with van der Waals surface area (Å²) in [5, 5.41) is 3.01. The van der Waals surface area contributed by atoms with E-state index in [0.29, 0.717) is 0 Å². The average Bonchev–Trinajstić information content (AvgIpc) is 2.60. The number of urea groups is 1. The summed E-state index contributed by atoms with van der Waals surface area (Å²) in [6, 6.07) is 7.51. The quantitative estimate of drug-likeness (QED) is 0.765. The Hall–Kier alpha value is -1.55. The second kappa shape index (κ2) is 3.31. The number of primary amides is 1. The standard InChI is InChI=1S/C10H10N2OS/c1-12(10(11)13)8-6-14-9-5-3-2-4-7(8)9/h2-6H,1H3,(H2,11,13). The molecule has 3 nitrogen and oxygen atoms in total. The summed E-state index contributed by atoms with van der Waals surface area (Å²) < 4.78 is 1.16. The molecule has 1 heterocycles. The molecule has 0 aliphatic rings. The first-order valence-corrected chi connectivity index (χ1v) is 5.07. The van der Waals surface area contributed by atoms with Crippen LogP contribution in [0.4, 0.5) is 10.5 Å². The number of hydrogen-bond donors (Lipinski definition) is 1. The lowest BCUT2D eigenvalue weighted by Gasteiger charge is -2.12. The molecule has 2 N–H and O–H groups in total. The van der Waals surface area contributed by atoms with E-state index in [9.17, 15) is 4.79 Å². The van der Waals surface area contributed by atoms with Gasteiger partial charge in [-0.2, -0.15) is 0 Å². The highest BCUT2D eigenvalue weighted by molar-refractivity contribution is 7.17. The molecule has 0 fully saturated rings. The van der Waals surface area contributed by atoms with Gasteiger partial charge in [-0.05, 0) is 6.07 Å². The summed E-state index contributed by atoms with van der Waals surface area (Å²) in [5.41, 5.74) is 6.08. The van der Waals surface area contributed by atoms with Gasteiger partial charge >= 0.3 is 6.03 Å². The zero-order valence-electron chi connectivity index (χ0n) is 7.73. The van der Waals surface area contributed by atoms with Gasteiger partial charge in [0.2, 0.25) is 0 Å². The molecular formula is C10H10N2OS. The van der Waals surface area contributed by atoms with Crippen LogP contribution in [0.5, 0.6) is 0 Å². The third-order valence-electron chi connectivity index (χ3n) is 2.15. The van der Waals surface area contributed by atoms with Crippen LogP contribution in [0, 0.1) is 0 Å². The number of carbonyl (C=O) groups is 1. The van der Waals surface area contributed by atoms with Crippen molar-refractivity contribution in [3.05, 3.63) is 29.6 Å². The number of fused-ring (bicyclic) bond motifs is 1. The maximum atomic E-state index is 11.0. The van der Waals surface area contributed by atoms with Crippen molar-refractivity contribution in [3.8, 4) is 0 Å². The predicted octanol–water partition coefficient (Wildman–Crippen LogP) is 2.42. The van der Waals surface area contributed by atoms with Crippen LogP contribution < -0.4 is 10.6 Å². The molecular weight excluding hydrogens is 196 g/mol. The van der Waals surface area contributed by atoms with Gasteiger partial charge in [0.05, 0.1) is 5.69 Å². The molecule has 0 unspecified atom stereocenters. The number of hydrogen-bond acceptors (Lipinski definition) is 2. The van der Waals surface area contributed by atoms with Crippen LogP contribution in [0.2, 0.25) is 0 Å². The molecule has 14 heavy (non-hydrogen) atoms. The van der Waals surface area contributed by atoms with E-state index >= 15 is 0 Å². The zero-order chi connectivity index (χ0) is 10.1. The molecule has 2 aromatic rings. The van der Waals surface area contributed by atoms with E-state index in [1.807, 2.05) is 29.6 Å². The minimum absolute atomic E-state index is 0.437. The van der Waals surface area contributed by atoms with Crippen LogP contribution in [0.25, 0.3) is 10.1 Å². The Morgan fingerprint density at radius 1 is 1.43 bits per heavy atom. The molecule has 72 valence electrons. The largest absolute Gasteiger partial charge is 0.351 e. The van der Waals surface area contributed by atoms with Crippen molar-refractivity contribution in [2.45, 2.75) is 0 Å². The molecule has 0 aliphatic carbocycles. The Morgan fingerprint density at radius 2 is 2.14 bits per heavy atom. The van der Waals surface area contributed by atoms with E-state index in [1.165, 1.54) is 4.90 Å². The van der Waals surface area contributed by atoms with Crippen LogP contribution in [0.1, 0.15) is 0 Å². The third kappa shape index (κ3) is 1.33. The minimum Gasteiger partial charge on any atom is -0.351 e. The van der Waals surface area contributed by atoms with Crippen molar-refractivity contribution in [1.29, 1.82) is 0 Å². The normalized spacial score (nSPS) is 10.4. The fourth-order valence-electron chi connectivity index (χ4n) is 1.34. The lowest BCUT2D eigenvalue weighted by Crippen LogP contribution is -2.31. The molecule has 0 saturated carbocycles. The van der Waals surface area contributed by atoms with Crippen LogP contribution in [0.15, 0.2) is 29.6 Å². The molecule has 0 aliphatic heterocycles. The average molecular weight is 206 g/mol. The van der Waals surface area contributed by atoms with E-state index in [1.54, 1.807) is 18.4 Å². The number of carbonyl (C=O) groups excluding carboxylic acids is 1. The van der Waals surface area contributed by atoms with Gasteiger partial charge in [-0.25, -0.2) is 4.79 Å². The second-order valence-corrected chi connectivity index (χ2v) is 3.93. The molecule has 1 aromatic carbocycles. The van der Waals surface area contributed by atoms with Crippen LogP contribution in [-0.4, -0.2) is 13.1 Å². The van der Waals surface area contributed by atoms with Gasteiger partial charge in [-0.15, -0.1) is 11.3 Å². The molecule has 4 heteroatoms. The molecule has 0 atom stereocenters. The van der Waals surface area contributed by atoms with Crippen molar-refractivity contribution in [2.75, 3.05) is 11.9 Å². The van der Waals surface area contributed by atoms with Gasteiger partial charge in [0.1, 0.15) is 0 Å². The number of nitrogens with two attached hydrogens (primary N) is 1. The highest BCUT2D eigenvalue weighted by atomic mass is 32.1. The van der Waals surface area contributed by atoms with Gasteiger partial charge in [0.15, 0.2) is 0 Å². The van der Waals surface area contributed by atoms with Crippen molar-refractivity contribution >= 4 is 33.1 Å². The molecule has 0 saturated heterocycles. The maximum absolute atomic E-state index is 11.0. The number of nitrogens with zero attached hydrogens (tertiary/aromatic N) is 1. The fourth-order valence-corrected chi connectivity index (χ4v) is 2.32. The van der Waals surface area contributed by atoms with Crippen LogP contribution >= 0.6 is 11.3 Å². The second-order valence-electron chi connectivity index (χ2n) is 3.01. The third-order valence-corrected chi connectivity index (χ3v) is 3.10. The first kappa shape index (κ1) is 9.02. The Kier molecular flexibility index (Phi) is 2.13. The van der Waals surface area contributed by atoms with Gasteiger partial charge in [-0.3, -0.25) is 4.90 Å². The van der Waals surface area contributed by atoms with E-state index in [0.717, 1.165) is 15.8 Å². The van der Waals surface area contributed by atoms with Crippen molar-refractivity contribution < 1.29 is 4.79 Å². The smallest absolute Gasteiger partial charge is 0.319 e. The highest BCUT2D eigenvalue weighted by Gasteiger charge is 2.11. The minimum atomic E-state index is -0.437. The summed E-state index contributed by atoms with van der Waals surface area (Å²) in [6.45, 7) is 0. The number of anilines is 1. The summed E-state index contributed by atoms with van der Waals surface area (Å²) in [6.07, 6.45) is 0. The monoisotopic (exact) mass is 206 g/mol. The lowest BCUT2D eigenvalue weighted by atomic mass is 10.2. The molecule has 0 bridgehead atoms. The number of thiophene rings is 1. The van der Waals surface area contributed by atoms with Crippen LogP contribution in [-0.2, 0) is 0 Å².